The highest BCUT2D eigenvalue weighted by atomic mass is 19.1. The van der Waals surface area contributed by atoms with Gasteiger partial charge in [0.05, 0.1) is 78.9 Å². The number of aromatic amines is 2. The van der Waals surface area contributed by atoms with Gasteiger partial charge in [0, 0.05) is 24.8 Å². The summed E-state index contributed by atoms with van der Waals surface area (Å²) >= 11 is 0. The van der Waals surface area contributed by atoms with E-state index in [1.807, 2.05) is 69.5 Å². The summed E-state index contributed by atoms with van der Waals surface area (Å²) in [6.45, 7) is 12.6. The van der Waals surface area contributed by atoms with Crippen LogP contribution < -0.4 is 15.0 Å². The van der Waals surface area contributed by atoms with Crippen LogP contribution in [0.5, 0.6) is 5.75 Å². The molecular weight excluding hydrogens is 844 g/mol. The van der Waals surface area contributed by atoms with E-state index in [4.69, 9.17) is 24.2 Å². The zero-order chi connectivity index (χ0) is 47.0. The number of anilines is 1. The number of ether oxygens (including phenoxy) is 3. The SMILES string of the molecule is COC(=O)C[C@H](C(=O)N1CCC[C@H]1c1nc2ccc([C@H]3CC[C@H](c4ccc5nc([C@@H]6CCCN6C(=O)[C@@H](NC(=O)OC)C(C)C)[nH]c5c4)N3c3ccc(OC(C)C)c(F)c3)cc2[nH]1)C(C)C. The van der Waals surface area contributed by atoms with Gasteiger partial charge in [0.2, 0.25) is 11.8 Å². The van der Waals surface area contributed by atoms with Gasteiger partial charge in [-0.2, -0.15) is 0 Å². The number of likely N-dealkylation sites (tertiary alicyclic amines) is 2. The lowest BCUT2D eigenvalue weighted by atomic mass is 9.91. The zero-order valence-electron chi connectivity index (χ0n) is 39.2. The van der Waals surface area contributed by atoms with Crippen LogP contribution in [0.1, 0.15) is 133 Å². The van der Waals surface area contributed by atoms with Crippen molar-refractivity contribution in [3.05, 3.63) is 83.2 Å². The largest absolute Gasteiger partial charge is 0.488 e. The van der Waals surface area contributed by atoms with Gasteiger partial charge in [0.15, 0.2) is 11.6 Å². The number of nitrogens with zero attached hydrogens (tertiary/aromatic N) is 5. The van der Waals surface area contributed by atoms with Crippen molar-refractivity contribution in [2.45, 2.75) is 123 Å². The minimum Gasteiger partial charge on any atom is -0.488 e. The number of carbonyl (C=O) groups excluding carboxylic acids is 4. The number of benzene rings is 3. The van der Waals surface area contributed by atoms with E-state index in [-0.39, 0.29) is 66.1 Å². The number of H-pyrrole nitrogens is 2. The maximum atomic E-state index is 15.9. The molecule has 3 aliphatic heterocycles. The second-order valence-corrected chi connectivity index (χ2v) is 19.0. The molecule has 5 heterocycles. The Hall–Kier alpha value is -6.19. The Morgan fingerprint density at radius 2 is 1.27 bits per heavy atom. The Bertz CT molecular complexity index is 2440. The standard InChI is InChI=1S/C50H63FN8O7/c1-27(2)33(26-44(60)64-7)48(61)57-21-9-11-41(57)46-52-35-16-13-30(23-37(35)54-46)39-18-19-40(59(39)32-15-20-43(34(51)25-32)66-29(5)6)31-14-17-36-38(24-31)55-47(53-36)42-12-10-22-58(42)49(62)45(28(3)4)56-50(63)65-8/h13-17,20,23-25,27-29,33,39-42,45H,9-12,18-19,21-22,26H2,1-8H3,(H,52,54)(H,53,55)(H,56,63)/t33-,39+,40+,41-,42-,45-/m0/s1. The minimum absolute atomic E-state index is 0.0337. The highest BCUT2D eigenvalue weighted by Gasteiger charge is 2.41. The molecule has 352 valence electrons. The van der Waals surface area contributed by atoms with Gasteiger partial charge in [0.25, 0.3) is 0 Å². The number of carbonyl (C=O) groups is 4. The molecule has 0 aliphatic carbocycles. The van der Waals surface area contributed by atoms with Gasteiger partial charge in [-0.25, -0.2) is 19.2 Å². The third-order valence-corrected chi connectivity index (χ3v) is 13.6. The van der Waals surface area contributed by atoms with Crippen molar-refractivity contribution in [3.8, 4) is 5.75 Å². The molecule has 0 unspecified atom stereocenters. The average Bonchev–Trinajstić information content (AvgIpc) is 4.15. The maximum absolute atomic E-state index is 15.9. The second-order valence-electron chi connectivity index (χ2n) is 19.0. The molecule has 0 saturated carbocycles. The van der Waals surface area contributed by atoms with Crippen LogP contribution >= 0.6 is 0 Å². The Morgan fingerprint density at radius 3 is 1.76 bits per heavy atom. The van der Waals surface area contributed by atoms with Gasteiger partial charge in [0.1, 0.15) is 17.7 Å². The highest BCUT2D eigenvalue weighted by Crippen LogP contribution is 2.48. The molecule has 66 heavy (non-hydrogen) atoms. The monoisotopic (exact) mass is 906 g/mol. The number of alkyl carbamates (subject to hydrolysis) is 1. The third kappa shape index (κ3) is 9.28. The molecule has 16 heteroatoms. The average molecular weight is 907 g/mol. The molecule has 15 nitrogen and oxygen atoms in total. The molecule has 3 N–H and O–H groups in total. The molecule has 0 radical (unpaired) electrons. The first-order chi connectivity index (χ1) is 31.6. The Kier molecular flexibility index (Phi) is 13.6. The lowest BCUT2D eigenvalue weighted by Gasteiger charge is -2.33. The number of methoxy groups -OCH3 is 2. The van der Waals surface area contributed by atoms with Gasteiger partial charge in [-0.1, -0.05) is 39.8 Å². The van der Waals surface area contributed by atoms with Crippen LogP contribution in [0.15, 0.2) is 54.6 Å². The fourth-order valence-corrected chi connectivity index (χ4v) is 10.2. The number of fused-ring (bicyclic) bond motifs is 2. The number of nitrogens with one attached hydrogen (secondary N) is 3. The number of halogens is 1. The molecule has 0 spiro atoms. The molecule has 2 aromatic heterocycles. The van der Waals surface area contributed by atoms with E-state index in [2.05, 4.69) is 44.5 Å². The van der Waals surface area contributed by atoms with Crippen molar-refractivity contribution in [2.24, 2.45) is 17.8 Å². The van der Waals surface area contributed by atoms with Crippen LogP contribution in [0.4, 0.5) is 14.9 Å². The van der Waals surface area contributed by atoms with Crippen LogP contribution in [0, 0.1) is 23.6 Å². The molecule has 3 aliphatic rings. The van der Waals surface area contributed by atoms with Gasteiger partial charge in [-0.15, -0.1) is 0 Å². The number of esters is 1. The molecular formula is C50H63FN8O7. The summed E-state index contributed by atoms with van der Waals surface area (Å²) in [6, 6.07) is 16.1. The molecule has 5 aromatic rings. The van der Waals surface area contributed by atoms with Crippen molar-refractivity contribution >= 4 is 51.6 Å². The predicted molar refractivity (Wildman–Crippen MR) is 248 cm³/mol. The van der Waals surface area contributed by atoms with Crippen molar-refractivity contribution in [1.29, 1.82) is 0 Å². The highest BCUT2D eigenvalue weighted by molar-refractivity contribution is 5.87. The first-order valence-corrected chi connectivity index (χ1v) is 23.4. The van der Waals surface area contributed by atoms with E-state index in [1.165, 1.54) is 14.2 Å². The number of hydrogen-bond donors (Lipinski definition) is 3. The van der Waals surface area contributed by atoms with Crippen LogP contribution in [0.25, 0.3) is 22.1 Å². The Balaban J connectivity index is 1.09. The quantitative estimate of drug-likeness (QED) is 0.0913. The number of rotatable bonds is 14. The van der Waals surface area contributed by atoms with E-state index in [0.717, 1.165) is 77.4 Å². The van der Waals surface area contributed by atoms with Crippen molar-refractivity contribution < 1.29 is 37.8 Å². The second kappa shape index (κ2) is 19.3. The lowest BCUT2D eigenvalue weighted by Crippen LogP contribution is -2.51. The van der Waals surface area contributed by atoms with Gasteiger partial charge in [-0.05, 0) is 112 Å². The van der Waals surface area contributed by atoms with Crippen LogP contribution in [-0.2, 0) is 23.9 Å². The van der Waals surface area contributed by atoms with E-state index in [1.54, 1.807) is 12.1 Å². The number of aromatic nitrogens is 4. The first-order valence-electron chi connectivity index (χ1n) is 23.4. The summed E-state index contributed by atoms with van der Waals surface area (Å²) in [5.41, 5.74) is 6.03. The summed E-state index contributed by atoms with van der Waals surface area (Å²) in [5, 5.41) is 2.72. The van der Waals surface area contributed by atoms with Crippen LogP contribution in [-0.4, -0.2) is 93.1 Å². The summed E-state index contributed by atoms with van der Waals surface area (Å²) in [4.78, 5) is 75.3. The van der Waals surface area contributed by atoms with E-state index in [9.17, 15) is 19.2 Å². The molecule has 3 amide bonds. The topological polar surface area (TPSA) is 175 Å². The van der Waals surface area contributed by atoms with Crippen LogP contribution in [0.2, 0.25) is 0 Å². The zero-order valence-corrected chi connectivity index (χ0v) is 39.2. The molecule has 3 fully saturated rings. The fraction of sp³-hybridized carbons (Fsp3) is 0.520. The fourth-order valence-electron chi connectivity index (χ4n) is 10.2. The Morgan fingerprint density at radius 1 is 0.712 bits per heavy atom. The van der Waals surface area contributed by atoms with Gasteiger partial charge >= 0.3 is 12.1 Å². The van der Waals surface area contributed by atoms with Crippen molar-refractivity contribution in [1.82, 2.24) is 35.1 Å². The third-order valence-electron chi connectivity index (χ3n) is 13.6. The lowest BCUT2D eigenvalue weighted by molar-refractivity contribution is -0.148. The summed E-state index contributed by atoms with van der Waals surface area (Å²) in [7, 11) is 2.63. The number of imidazole rings is 2. The molecule has 6 atom stereocenters. The summed E-state index contributed by atoms with van der Waals surface area (Å²) in [5.74, 6) is -0.142. The predicted octanol–water partition coefficient (Wildman–Crippen LogP) is 8.99. The molecule has 0 bridgehead atoms. The van der Waals surface area contributed by atoms with Crippen LogP contribution in [0.3, 0.4) is 0 Å². The van der Waals surface area contributed by atoms with Gasteiger partial charge < -0.3 is 44.2 Å². The van der Waals surface area contributed by atoms with Crippen molar-refractivity contribution in [2.75, 3.05) is 32.2 Å². The molecule has 3 aromatic carbocycles. The van der Waals surface area contributed by atoms with Crippen molar-refractivity contribution in [3.63, 3.8) is 0 Å². The first kappa shape index (κ1) is 46.3. The molecule has 3 saturated heterocycles. The minimum atomic E-state index is -0.737. The Labute approximate surface area is 385 Å². The van der Waals surface area contributed by atoms with Gasteiger partial charge in [-0.3, -0.25) is 14.4 Å². The van der Waals surface area contributed by atoms with E-state index < -0.39 is 29.8 Å². The molecule has 8 rings (SSSR count). The normalized spacial score (nSPS) is 20.8. The number of amides is 3. The maximum Gasteiger partial charge on any atom is 0.407 e. The summed E-state index contributed by atoms with van der Waals surface area (Å²) in [6.07, 6.45) is 3.89. The van der Waals surface area contributed by atoms with E-state index in [0.29, 0.717) is 24.7 Å². The van der Waals surface area contributed by atoms with E-state index >= 15 is 4.39 Å². The smallest absolute Gasteiger partial charge is 0.407 e. The number of hydrogen-bond acceptors (Lipinski definition) is 10. The summed E-state index contributed by atoms with van der Waals surface area (Å²) < 4.78 is 31.4.